The fraction of sp³-hybridized carbons (Fsp3) is 0.389. The first-order valence-corrected chi connectivity index (χ1v) is 9.06. The minimum Gasteiger partial charge on any atom is -0.356 e. The van der Waals surface area contributed by atoms with Crippen LogP contribution in [0.2, 0.25) is 0 Å². The number of pyridine rings is 2. The summed E-state index contributed by atoms with van der Waals surface area (Å²) in [5.41, 5.74) is -1.64. The van der Waals surface area contributed by atoms with Crippen molar-refractivity contribution in [2.24, 2.45) is 0 Å². The zero-order valence-corrected chi connectivity index (χ0v) is 15.6. The van der Waals surface area contributed by atoms with E-state index in [1.807, 2.05) is 4.90 Å². The summed E-state index contributed by atoms with van der Waals surface area (Å²) in [4.78, 5) is 39.9. The third-order valence-corrected chi connectivity index (χ3v) is 4.75. The Bertz CT molecular complexity index is 983. The summed E-state index contributed by atoms with van der Waals surface area (Å²) < 4.78 is 38.9. The van der Waals surface area contributed by atoms with Gasteiger partial charge >= 0.3 is 6.18 Å². The molecule has 0 aliphatic carbocycles. The highest BCUT2D eigenvalue weighted by atomic mass is 19.4. The minimum absolute atomic E-state index is 0.183. The van der Waals surface area contributed by atoms with E-state index >= 15 is 0 Å². The van der Waals surface area contributed by atoms with Crippen molar-refractivity contribution in [2.75, 3.05) is 18.0 Å². The van der Waals surface area contributed by atoms with E-state index in [4.69, 9.17) is 0 Å². The van der Waals surface area contributed by atoms with Gasteiger partial charge in [0.15, 0.2) is 0 Å². The molecule has 0 atom stereocenters. The fourth-order valence-electron chi connectivity index (χ4n) is 3.17. The molecule has 1 fully saturated rings. The number of anilines is 1. The van der Waals surface area contributed by atoms with Crippen LogP contribution in [0.3, 0.4) is 0 Å². The summed E-state index contributed by atoms with van der Waals surface area (Å²) in [6.45, 7) is 0.626. The zero-order valence-electron chi connectivity index (χ0n) is 15.6. The van der Waals surface area contributed by atoms with Crippen molar-refractivity contribution in [1.29, 1.82) is 0 Å². The van der Waals surface area contributed by atoms with Crippen LogP contribution in [-0.2, 0) is 17.5 Å². The second-order valence-electron chi connectivity index (χ2n) is 6.84. The lowest BCUT2D eigenvalue weighted by Gasteiger charge is -2.33. The Hall–Kier alpha value is -3.44. The van der Waals surface area contributed by atoms with E-state index in [0.717, 1.165) is 35.2 Å². The number of carbonyl (C=O) groups excluding carboxylic acids is 1. The highest BCUT2D eigenvalue weighted by molar-refractivity contribution is 5.76. The molecule has 2 aromatic heterocycles. The van der Waals surface area contributed by atoms with Crippen molar-refractivity contribution in [3.63, 3.8) is 0 Å². The van der Waals surface area contributed by atoms with Crippen molar-refractivity contribution in [1.82, 2.24) is 14.9 Å². The van der Waals surface area contributed by atoms with Crippen LogP contribution in [0.5, 0.6) is 0 Å². The number of hydrogen-bond acceptors (Lipinski definition) is 6. The first kappa shape index (κ1) is 21.3. The van der Waals surface area contributed by atoms with E-state index in [2.05, 4.69) is 10.3 Å². The molecule has 0 radical (unpaired) electrons. The number of carbonyl (C=O) groups is 1. The smallest absolute Gasteiger partial charge is 0.356 e. The van der Waals surface area contributed by atoms with Crippen molar-refractivity contribution in [2.45, 2.75) is 31.6 Å². The lowest BCUT2D eigenvalue weighted by molar-refractivity contribution is -0.385. The highest BCUT2D eigenvalue weighted by Gasteiger charge is 2.31. The summed E-state index contributed by atoms with van der Waals surface area (Å²) >= 11 is 0. The van der Waals surface area contributed by atoms with Gasteiger partial charge in [0.2, 0.25) is 5.91 Å². The molecule has 12 heteroatoms. The van der Waals surface area contributed by atoms with E-state index in [1.165, 1.54) is 6.07 Å². The maximum absolute atomic E-state index is 12.6. The molecule has 1 N–H and O–H groups in total. The molecule has 30 heavy (non-hydrogen) atoms. The van der Waals surface area contributed by atoms with Crippen molar-refractivity contribution >= 4 is 17.4 Å². The summed E-state index contributed by atoms with van der Waals surface area (Å²) in [6, 6.07) is 4.21. The third kappa shape index (κ3) is 5.13. The van der Waals surface area contributed by atoms with Crippen LogP contribution < -0.4 is 15.8 Å². The fourth-order valence-corrected chi connectivity index (χ4v) is 3.17. The zero-order chi connectivity index (χ0) is 21.9. The van der Waals surface area contributed by atoms with E-state index < -0.39 is 28.1 Å². The molecular weight excluding hydrogens is 407 g/mol. The van der Waals surface area contributed by atoms with E-state index in [0.29, 0.717) is 31.7 Å². The Balaban J connectivity index is 1.53. The van der Waals surface area contributed by atoms with Gasteiger partial charge in [0, 0.05) is 37.5 Å². The number of amides is 1. The summed E-state index contributed by atoms with van der Waals surface area (Å²) in [7, 11) is 0. The summed E-state index contributed by atoms with van der Waals surface area (Å²) in [5, 5.41) is 13.6. The van der Waals surface area contributed by atoms with Gasteiger partial charge in [0.1, 0.15) is 12.4 Å². The van der Waals surface area contributed by atoms with Gasteiger partial charge in [-0.15, -0.1) is 0 Å². The molecule has 0 saturated carbocycles. The Morgan fingerprint density at radius 1 is 1.23 bits per heavy atom. The molecular formula is C18H18F3N5O4. The molecule has 3 heterocycles. The number of nitrogens with zero attached hydrogens (tertiary/aromatic N) is 4. The molecule has 1 aliphatic rings. The number of aromatic nitrogens is 2. The number of alkyl halides is 3. The molecule has 160 valence electrons. The van der Waals surface area contributed by atoms with E-state index in [9.17, 15) is 32.9 Å². The molecule has 1 aliphatic heterocycles. The Labute approximate surface area is 168 Å². The Kier molecular flexibility index (Phi) is 6.04. The molecule has 0 unspecified atom stereocenters. The largest absolute Gasteiger partial charge is 0.417 e. The van der Waals surface area contributed by atoms with Gasteiger partial charge in [-0.1, -0.05) is 0 Å². The Morgan fingerprint density at radius 2 is 1.93 bits per heavy atom. The van der Waals surface area contributed by atoms with Gasteiger partial charge in [-0.2, -0.15) is 13.2 Å². The number of nitrogens with one attached hydrogen (secondary N) is 1. The molecule has 1 saturated heterocycles. The van der Waals surface area contributed by atoms with Gasteiger partial charge in [0.25, 0.3) is 11.2 Å². The topological polar surface area (TPSA) is 110 Å². The van der Waals surface area contributed by atoms with Gasteiger partial charge in [-0.25, -0.2) is 4.98 Å². The first-order chi connectivity index (χ1) is 14.1. The molecule has 0 spiro atoms. The van der Waals surface area contributed by atoms with Gasteiger partial charge < -0.3 is 10.2 Å². The van der Waals surface area contributed by atoms with Crippen molar-refractivity contribution < 1.29 is 22.9 Å². The summed E-state index contributed by atoms with van der Waals surface area (Å²) in [6.07, 6.45) is -1.55. The predicted molar refractivity (Wildman–Crippen MR) is 100.0 cm³/mol. The molecule has 2 aromatic rings. The quantitative estimate of drug-likeness (QED) is 0.579. The van der Waals surface area contributed by atoms with E-state index in [-0.39, 0.29) is 18.3 Å². The second kappa shape index (κ2) is 8.51. The lowest BCUT2D eigenvalue weighted by Crippen LogP contribution is -2.46. The van der Waals surface area contributed by atoms with E-state index in [1.54, 1.807) is 0 Å². The highest BCUT2D eigenvalue weighted by Crippen LogP contribution is 2.29. The molecule has 3 rings (SSSR count). The van der Waals surface area contributed by atoms with Crippen LogP contribution >= 0.6 is 0 Å². The standard InChI is InChI=1S/C18H18F3N5O4/c19-18(20,21)12-1-3-15(22-9-12)24-7-5-13(6-8-24)23-16(27)11-25-10-14(26(29)30)2-4-17(25)28/h1-4,9-10,13H,5-8,11H2,(H,23,27). The number of rotatable bonds is 5. The maximum Gasteiger partial charge on any atom is 0.417 e. The number of hydrogen-bond donors (Lipinski definition) is 1. The van der Waals surface area contributed by atoms with Crippen LogP contribution in [0.15, 0.2) is 41.5 Å². The second-order valence-corrected chi connectivity index (χ2v) is 6.84. The average Bonchev–Trinajstić information content (AvgIpc) is 2.69. The molecule has 9 nitrogen and oxygen atoms in total. The third-order valence-electron chi connectivity index (χ3n) is 4.75. The van der Waals surface area contributed by atoms with Gasteiger partial charge in [-0.05, 0) is 25.0 Å². The summed E-state index contributed by atoms with van der Waals surface area (Å²) in [5.74, 6) is -0.0281. The van der Waals surface area contributed by atoms with Gasteiger partial charge in [-0.3, -0.25) is 24.3 Å². The Morgan fingerprint density at radius 3 is 2.50 bits per heavy atom. The van der Waals surface area contributed by atoms with Crippen molar-refractivity contribution in [3.05, 3.63) is 62.7 Å². The van der Waals surface area contributed by atoms with Crippen LogP contribution in [0.1, 0.15) is 18.4 Å². The first-order valence-electron chi connectivity index (χ1n) is 9.06. The number of nitro groups is 1. The van der Waals surface area contributed by atoms with Crippen LogP contribution in [0.25, 0.3) is 0 Å². The van der Waals surface area contributed by atoms with Crippen LogP contribution in [0, 0.1) is 10.1 Å². The molecule has 1 amide bonds. The molecule has 0 bridgehead atoms. The average molecular weight is 425 g/mol. The minimum atomic E-state index is -4.44. The van der Waals surface area contributed by atoms with Crippen LogP contribution in [0.4, 0.5) is 24.7 Å². The number of piperidine rings is 1. The monoisotopic (exact) mass is 425 g/mol. The lowest BCUT2D eigenvalue weighted by atomic mass is 10.0. The predicted octanol–water partition coefficient (Wildman–Crippen LogP) is 1.96. The van der Waals surface area contributed by atoms with Crippen LogP contribution in [-0.4, -0.2) is 39.5 Å². The van der Waals surface area contributed by atoms with Gasteiger partial charge in [0.05, 0.1) is 16.7 Å². The maximum atomic E-state index is 12.6. The number of halogens is 3. The molecule has 0 aromatic carbocycles. The normalized spacial score (nSPS) is 15.1. The van der Waals surface area contributed by atoms with Crippen molar-refractivity contribution in [3.8, 4) is 0 Å². The SMILES string of the molecule is O=C(Cn1cc([N+](=O)[O-])ccc1=O)NC1CCN(c2ccc(C(F)(F)F)cn2)CC1.